The molecule has 0 saturated carbocycles. The summed E-state index contributed by atoms with van der Waals surface area (Å²) in [6, 6.07) is 3.80. The van der Waals surface area contributed by atoms with Gasteiger partial charge in [-0.2, -0.15) is 0 Å². The zero-order valence-electron chi connectivity index (χ0n) is 22.3. The maximum Gasteiger partial charge on any atom is 0.338 e. The van der Waals surface area contributed by atoms with Gasteiger partial charge in [0, 0.05) is 28.5 Å². The Balaban J connectivity index is 1.95. The second kappa shape index (κ2) is 9.20. The molecule has 0 spiro atoms. The zero-order valence-corrected chi connectivity index (χ0v) is 22.3. The van der Waals surface area contributed by atoms with Crippen LogP contribution in [0.25, 0.3) is 11.1 Å². The number of carbonyl (C=O) groups excluding carboxylic acids is 1. The van der Waals surface area contributed by atoms with Crippen molar-refractivity contribution in [2.24, 2.45) is 17.8 Å². The minimum atomic E-state index is -1.79. The van der Waals surface area contributed by atoms with Crippen molar-refractivity contribution in [3.05, 3.63) is 23.3 Å². The topological polar surface area (TPSA) is 102 Å². The van der Waals surface area contributed by atoms with Gasteiger partial charge >= 0.3 is 5.97 Å². The third-order valence-electron chi connectivity index (χ3n) is 8.12. The highest BCUT2D eigenvalue weighted by Crippen LogP contribution is 2.59. The molecule has 0 fully saturated rings. The van der Waals surface area contributed by atoms with Crippen molar-refractivity contribution >= 4 is 5.97 Å². The highest BCUT2D eigenvalue weighted by atomic mass is 16.7. The number of ether oxygens (including phenoxy) is 7. The van der Waals surface area contributed by atoms with Gasteiger partial charge < -0.3 is 38.3 Å². The van der Waals surface area contributed by atoms with Crippen LogP contribution in [0.1, 0.15) is 44.9 Å². The van der Waals surface area contributed by atoms with Gasteiger partial charge in [-0.25, -0.2) is 4.79 Å². The highest BCUT2D eigenvalue weighted by molar-refractivity contribution is 5.89. The number of methoxy groups -OCH3 is 3. The molecular weight excluding hydrogens is 480 g/mol. The molecule has 9 heteroatoms. The Morgan fingerprint density at radius 2 is 1.68 bits per heavy atom. The van der Waals surface area contributed by atoms with E-state index in [1.54, 1.807) is 28.3 Å². The number of hydrogen-bond donors (Lipinski definition) is 1. The van der Waals surface area contributed by atoms with Gasteiger partial charge in [-0.05, 0) is 37.0 Å². The summed E-state index contributed by atoms with van der Waals surface area (Å²) in [6.07, 6.45) is -0.0603. The number of hydrogen-bond acceptors (Lipinski definition) is 9. The molecule has 0 radical (unpaired) electrons. The van der Waals surface area contributed by atoms with E-state index in [9.17, 15) is 9.90 Å². The maximum atomic E-state index is 13.5. The summed E-state index contributed by atoms with van der Waals surface area (Å²) < 4.78 is 41.6. The zero-order chi connectivity index (χ0) is 26.6. The Morgan fingerprint density at radius 1 is 0.946 bits per heavy atom. The van der Waals surface area contributed by atoms with Gasteiger partial charge in [-0.15, -0.1) is 0 Å². The standard InChI is InChI=1S/C28H34O9/c1-13-8-16-9-19-24(36-12-35-19)26-20(16)21-17(10-18(31-5)23(32-6)25(21)33-7)22(15(13)3)37-27(29)28(4,30)14(2)11-34-26/h9-10,13-15,22,30H,8,11-12H2,1-7H3/t13-,14+,15-,22?,28+/m0/s1. The van der Waals surface area contributed by atoms with Crippen molar-refractivity contribution in [1.82, 2.24) is 0 Å². The van der Waals surface area contributed by atoms with Gasteiger partial charge in [0.1, 0.15) is 6.10 Å². The average molecular weight is 515 g/mol. The van der Waals surface area contributed by atoms with Gasteiger partial charge in [0.25, 0.3) is 0 Å². The normalized spacial score (nSPS) is 28.2. The molecule has 37 heavy (non-hydrogen) atoms. The maximum absolute atomic E-state index is 13.5. The van der Waals surface area contributed by atoms with Crippen LogP contribution in [-0.4, -0.2) is 51.4 Å². The van der Waals surface area contributed by atoms with Crippen LogP contribution < -0.4 is 28.4 Å². The van der Waals surface area contributed by atoms with Crippen LogP contribution in [0.3, 0.4) is 0 Å². The number of benzene rings is 2. The lowest BCUT2D eigenvalue weighted by Gasteiger charge is -2.36. The molecule has 2 aromatic rings. The Kier molecular flexibility index (Phi) is 6.30. The van der Waals surface area contributed by atoms with E-state index in [0.717, 1.165) is 11.1 Å². The molecule has 1 aliphatic carbocycles. The average Bonchev–Trinajstić information content (AvgIpc) is 3.35. The number of carbonyl (C=O) groups is 1. The van der Waals surface area contributed by atoms with E-state index in [0.29, 0.717) is 52.0 Å². The van der Waals surface area contributed by atoms with Crippen molar-refractivity contribution in [2.45, 2.75) is 45.8 Å². The summed E-state index contributed by atoms with van der Waals surface area (Å²) >= 11 is 0. The summed E-state index contributed by atoms with van der Waals surface area (Å²) in [5.74, 6) is 1.43. The first-order chi connectivity index (χ1) is 17.6. The monoisotopic (exact) mass is 514 g/mol. The molecule has 2 bridgehead atoms. The summed E-state index contributed by atoms with van der Waals surface area (Å²) in [5.41, 5.74) is 1.27. The SMILES string of the molecule is COc1cc2c(c(OC)c1OC)-c1c3cc4c(c1OC[C@@H](C)[C@@](C)(O)C(=O)OC2[C@@H](C)[C@@H](C)C3)OCO4. The summed E-state index contributed by atoms with van der Waals surface area (Å²) in [6.45, 7) is 7.47. The molecule has 0 saturated heterocycles. The lowest BCUT2D eigenvalue weighted by atomic mass is 9.75. The van der Waals surface area contributed by atoms with Crippen LogP contribution in [0.15, 0.2) is 12.1 Å². The van der Waals surface area contributed by atoms with Crippen molar-refractivity contribution < 1.29 is 43.1 Å². The quantitative estimate of drug-likeness (QED) is 0.601. The molecule has 200 valence electrons. The Bertz CT molecular complexity index is 1240. The smallest absolute Gasteiger partial charge is 0.338 e. The number of fused-ring (bicyclic) bond motifs is 2. The first kappa shape index (κ1) is 25.3. The lowest BCUT2D eigenvalue weighted by Crippen LogP contribution is -2.46. The molecule has 2 aromatic carbocycles. The summed E-state index contributed by atoms with van der Waals surface area (Å²) in [7, 11) is 4.64. The first-order valence-electron chi connectivity index (χ1n) is 12.5. The molecule has 5 rings (SSSR count). The molecule has 0 amide bonds. The first-order valence-corrected chi connectivity index (χ1v) is 12.5. The lowest BCUT2D eigenvalue weighted by molar-refractivity contribution is -0.179. The van der Waals surface area contributed by atoms with Crippen LogP contribution in [0.4, 0.5) is 0 Å². The van der Waals surface area contributed by atoms with Crippen LogP contribution in [0.2, 0.25) is 0 Å². The van der Waals surface area contributed by atoms with Gasteiger partial charge in [0.15, 0.2) is 28.6 Å². The van der Waals surface area contributed by atoms with E-state index in [2.05, 4.69) is 6.92 Å². The predicted octanol–water partition coefficient (Wildman–Crippen LogP) is 4.30. The van der Waals surface area contributed by atoms with Gasteiger partial charge in [0.05, 0.1) is 27.9 Å². The summed E-state index contributed by atoms with van der Waals surface area (Å²) in [4.78, 5) is 13.5. The molecule has 0 aromatic heterocycles. The Morgan fingerprint density at radius 3 is 2.35 bits per heavy atom. The van der Waals surface area contributed by atoms with Gasteiger partial charge in [0.2, 0.25) is 18.3 Å². The molecule has 1 N–H and O–H groups in total. The number of aliphatic hydroxyl groups is 1. The van der Waals surface area contributed by atoms with Crippen LogP contribution in [0, 0.1) is 17.8 Å². The minimum absolute atomic E-state index is 0.0368. The fourth-order valence-electron chi connectivity index (χ4n) is 5.38. The van der Waals surface area contributed by atoms with E-state index in [4.69, 9.17) is 33.2 Å². The molecule has 5 atom stereocenters. The van der Waals surface area contributed by atoms with Crippen LogP contribution in [0.5, 0.6) is 34.5 Å². The second-order valence-corrected chi connectivity index (χ2v) is 10.3. The summed E-state index contributed by atoms with van der Waals surface area (Å²) in [5, 5.41) is 11.3. The third kappa shape index (κ3) is 3.82. The van der Waals surface area contributed by atoms with Crippen molar-refractivity contribution in [3.63, 3.8) is 0 Å². The highest BCUT2D eigenvalue weighted by Gasteiger charge is 2.45. The second-order valence-electron chi connectivity index (χ2n) is 10.3. The van der Waals surface area contributed by atoms with Crippen LogP contribution in [-0.2, 0) is 16.0 Å². The molecule has 2 heterocycles. The van der Waals surface area contributed by atoms with Crippen molar-refractivity contribution in [2.75, 3.05) is 34.7 Å². The fraction of sp³-hybridized carbons (Fsp3) is 0.536. The van der Waals surface area contributed by atoms with Crippen LogP contribution >= 0.6 is 0 Å². The molecule has 2 aliphatic heterocycles. The van der Waals surface area contributed by atoms with E-state index in [1.807, 2.05) is 19.1 Å². The number of esters is 1. The van der Waals surface area contributed by atoms with E-state index >= 15 is 0 Å². The molecule has 3 aliphatic rings. The molecule has 9 nitrogen and oxygen atoms in total. The fourth-order valence-corrected chi connectivity index (χ4v) is 5.38. The van der Waals surface area contributed by atoms with Gasteiger partial charge in [-0.3, -0.25) is 0 Å². The van der Waals surface area contributed by atoms with E-state index < -0.39 is 23.6 Å². The molecular formula is C28H34O9. The predicted molar refractivity (Wildman–Crippen MR) is 134 cm³/mol. The van der Waals surface area contributed by atoms with Crippen molar-refractivity contribution in [3.8, 4) is 45.6 Å². The third-order valence-corrected chi connectivity index (χ3v) is 8.12. The Hall–Kier alpha value is -3.33. The molecule has 1 unspecified atom stereocenters. The largest absolute Gasteiger partial charge is 0.493 e. The van der Waals surface area contributed by atoms with E-state index in [1.165, 1.54) is 6.92 Å². The Labute approximate surface area is 216 Å². The van der Waals surface area contributed by atoms with E-state index in [-0.39, 0.29) is 25.2 Å². The van der Waals surface area contributed by atoms with Crippen molar-refractivity contribution in [1.29, 1.82) is 0 Å². The van der Waals surface area contributed by atoms with Gasteiger partial charge in [-0.1, -0.05) is 20.8 Å². The minimum Gasteiger partial charge on any atom is -0.493 e. The number of rotatable bonds is 3.